The van der Waals surface area contributed by atoms with Gasteiger partial charge in [0.1, 0.15) is 12.3 Å². The van der Waals surface area contributed by atoms with Gasteiger partial charge in [-0.3, -0.25) is 14.4 Å². The third kappa shape index (κ3) is 6.86. The molecule has 2 N–H and O–H groups in total. The molecule has 1 atom stereocenters. The van der Waals surface area contributed by atoms with Crippen molar-refractivity contribution >= 4 is 33.6 Å². The summed E-state index contributed by atoms with van der Waals surface area (Å²) in [5, 5.41) is 8.51. The van der Waals surface area contributed by atoms with Gasteiger partial charge in [0.2, 0.25) is 10.0 Å². The van der Waals surface area contributed by atoms with Crippen molar-refractivity contribution in [2.24, 2.45) is 0 Å². The van der Waals surface area contributed by atoms with Crippen LogP contribution in [0.5, 0.6) is 0 Å². The van der Waals surface area contributed by atoms with E-state index < -0.39 is 40.5 Å². The molecule has 1 aromatic carbocycles. The Labute approximate surface area is 192 Å². The second-order valence-corrected chi connectivity index (χ2v) is 8.93. The van der Waals surface area contributed by atoms with Crippen LogP contribution in [0.1, 0.15) is 43.3 Å². The minimum Gasteiger partial charge on any atom is -0.451 e. The molecule has 0 aliphatic carbocycles. The number of aryl methyl sites for hydroxylation is 1. The number of ether oxygens (including phenoxy) is 1. The first kappa shape index (κ1) is 26.0. The highest BCUT2D eigenvalue weighted by atomic mass is 32.2. The average molecular weight is 481 g/mol. The number of carbonyl (C=O) groups is 3. The van der Waals surface area contributed by atoms with Crippen LogP contribution in [0.25, 0.3) is 0 Å². The SMILES string of the molecule is CCC(OC(=O)CNC(=O)c1ccc(S(=O)(=O)N(CC)CC)cc1)C(=O)Nc1cc(C)on1. The van der Waals surface area contributed by atoms with Crippen molar-refractivity contribution in [3.05, 3.63) is 41.7 Å². The van der Waals surface area contributed by atoms with E-state index >= 15 is 0 Å². The summed E-state index contributed by atoms with van der Waals surface area (Å²) in [7, 11) is -3.64. The number of nitrogens with one attached hydrogen (secondary N) is 2. The highest BCUT2D eigenvalue weighted by molar-refractivity contribution is 7.89. The summed E-state index contributed by atoms with van der Waals surface area (Å²) in [5.74, 6) is -1.25. The van der Waals surface area contributed by atoms with E-state index in [9.17, 15) is 22.8 Å². The van der Waals surface area contributed by atoms with E-state index in [4.69, 9.17) is 9.26 Å². The number of nitrogens with zero attached hydrogens (tertiary/aromatic N) is 2. The topological polar surface area (TPSA) is 148 Å². The van der Waals surface area contributed by atoms with Crippen LogP contribution in [0.3, 0.4) is 0 Å². The van der Waals surface area contributed by atoms with Crippen LogP contribution in [-0.4, -0.2) is 61.4 Å². The zero-order valence-corrected chi connectivity index (χ0v) is 19.8. The van der Waals surface area contributed by atoms with E-state index in [1.54, 1.807) is 27.7 Å². The molecule has 0 fully saturated rings. The average Bonchev–Trinajstić information content (AvgIpc) is 3.20. The van der Waals surface area contributed by atoms with Crippen LogP contribution in [0.15, 0.2) is 39.8 Å². The molecule has 180 valence electrons. The summed E-state index contributed by atoms with van der Waals surface area (Å²) < 4.78 is 36.3. The number of anilines is 1. The fourth-order valence-electron chi connectivity index (χ4n) is 2.90. The lowest BCUT2D eigenvalue weighted by Crippen LogP contribution is -2.37. The van der Waals surface area contributed by atoms with Gasteiger partial charge in [-0.2, -0.15) is 4.31 Å². The van der Waals surface area contributed by atoms with E-state index in [-0.39, 0.29) is 22.7 Å². The Morgan fingerprint density at radius 1 is 1.12 bits per heavy atom. The molecule has 0 bridgehead atoms. The van der Waals surface area contributed by atoms with Crippen LogP contribution in [0.2, 0.25) is 0 Å². The number of aromatic nitrogens is 1. The lowest BCUT2D eigenvalue weighted by atomic mass is 10.2. The van der Waals surface area contributed by atoms with Crippen molar-refractivity contribution in [2.75, 3.05) is 25.0 Å². The molecule has 2 aromatic rings. The van der Waals surface area contributed by atoms with Gasteiger partial charge in [-0.25, -0.2) is 8.42 Å². The first-order chi connectivity index (χ1) is 15.6. The van der Waals surface area contributed by atoms with Gasteiger partial charge in [-0.05, 0) is 37.6 Å². The molecule has 12 heteroatoms. The normalized spacial score (nSPS) is 12.3. The molecule has 0 aliphatic rings. The lowest BCUT2D eigenvalue weighted by Gasteiger charge is -2.18. The fraction of sp³-hybridized carbons (Fsp3) is 0.429. The number of rotatable bonds is 11. The third-order valence-corrected chi connectivity index (χ3v) is 6.73. The molecule has 1 heterocycles. The standard InChI is InChI=1S/C21H28N4O7S/c1-5-17(21(28)23-18-12-14(4)32-24-18)31-19(26)13-22-20(27)15-8-10-16(11-9-15)33(29,30)25(6-2)7-3/h8-12,17H,5-7,13H2,1-4H3,(H,22,27)(H,23,24,28). The second-order valence-electron chi connectivity index (χ2n) is 7.00. The van der Waals surface area contributed by atoms with Crippen LogP contribution in [0.4, 0.5) is 5.82 Å². The molecule has 0 saturated carbocycles. The Bertz CT molecular complexity index is 1080. The monoisotopic (exact) mass is 480 g/mol. The van der Waals surface area contributed by atoms with Gasteiger partial charge >= 0.3 is 5.97 Å². The Hall–Kier alpha value is -3.25. The van der Waals surface area contributed by atoms with Gasteiger partial charge in [0, 0.05) is 24.7 Å². The highest BCUT2D eigenvalue weighted by Gasteiger charge is 2.24. The molecule has 1 unspecified atom stereocenters. The van der Waals surface area contributed by atoms with E-state index in [0.717, 1.165) is 0 Å². The van der Waals surface area contributed by atoms with Crippen molar-refractivity contribution in [2.45, 2.75) is 45.1 Å². The van der Waals surface area contributed by atoms with Crippen LogP contribution in [-0.2, 0) is 24.3 Å². The molecule has 1 aromatic heterocycles. The Balaban J connectivity index is 1.91. The smallest absolute Gasteiger partial charge is 0.326 e. The molecule has 33 heavy (non-hydrogen) atoms. The highest BCUT2D eigenvalue weighted by Crippen LogP contribution is 2.16. The summed E-state index contributed by atoms with van der Waals surface area (Å²) in [6, 6.07) is 6.91. The maximum atomic E-state index is 12.5. The van der Waals surface area contributed by atoms with Crippen molar-refractivity contribution in [1.82, 2.24) is 14.8 Å². The zero-order valence-electron chi connectivity index (χ0n) is 19.0. The molecule has 0 radical (unpaired) electrons. The van der Waals surface area contributed by atoms with Crippen molar-refractivity contribution in [3.8, 4) is 0 Å². The number of sulfonamides is 1. The third-order valence-electron chi connectivity index (χ3n) is 4.67. The maximum absolute atomic E-state index is 12.5. The zero-order chi connectivity index (χ0) is 24.6. The minimum atomic E-state index is -3.64. The largest absolute Gasteiger partial charge is 0.451 e. The predicted molar refractivity (Wildman–Crippen MR) is 119 cm³/mol. The van der Waals surface area contributed by atoms with Crippen molar-refractivity contribution in [1.29, 1.82) is 0 Å². The van der Waals surface area contributed by atoms with Crippen LogP contribution in [0, 0.1) is 6.92 Å². The van der Waals surface area contributed by atoms with Gasteiger partial charge < -0.3 is 19.9 Å². The number of amides is 2. The maximum Gasteiger partial charge on any atom is 0.326 e. The van der Waals surface area contributed by atoms with Crippen molar-refractivity contribution < 1.29 is 32.1 Å². The number of hydrogen-bond donors (Lipinski definition) is 2. The molecule has 11 nitrogen and oxygen atoms in total. The number of esters is 1. The summed E-state index contributed by atoms with van der Waals surface area (Å²) >= 11 is 0. The van der Waals surface area contributed by atoms with Gasteiger partial charge in [0.15, 0.2) is 11.9 Å². The minimum absolute atomic E-state index is 0.0706. The molecule has 0 aliphatic heterocycles. The van der Waals surface area contributed by atoms with E-state index in [2.05, 4.69) is 15.8 Å². The number of benzene rings is 1. The Kier molecular flexibility index (Phi) is 9.12. The first-order valence-corrected chi connectivity index (χ1v) is 11.9. The fourth-order valence-corrected chi connectivity index (χ4v) is 4.36. The lowest BCUT2D eigenvalue weighted by molar-refractivity contribution is -0.153. The van der Waals surface area contributed by atoms with Gasteiger partial charge in [0.25, 0.3) is 11.8 Å². The van der Waals surface area contributed by atoms with Gasteiger partial charge in [-0.1, -0.05) is 25.9 Å². The second kappa shape index (κ2) is 11.6. The molecular weight excluding hydrogens is 452 g/mol. The Morgan fingerprint density at radius 3 is 2.27 bits per heavy atom. The summed E-state index contributed by atoms with van der Waals surface area (Å²) in [6.07, 6.45) is -0.860. The van der Waals surface area contributed by atoms with Gasteiger partial charge in [0.05, 0.1) is 4.90 Å². The molecule has 2 rings (SSSR count). The molecule has 0 spiro atoms. The Morgan fingerprint density at radius 2 is 1.76 bits per heavy atom. The molecular formula is C21H28N4O7S. The van der Waals surface area contributed by atoms with Crippen LogP contribution < -0.4 is 10.6 Å². The summed E-state index contributed by atoms with van der Waals surface area (Å²) in [4.78, 5) is 36.7. The molecule has 2 amide bonds. The van der Waals surface area contributed by atoms with E-state index in [1.807, 2.05) is 0 Å². The summed E-state index contributed by atoms with van der Waals surface area (Å²) in [5.41, 5.74) is 0.174. The predicted octanol–water partition coefficient (Wildman–Crippen LogP) is 1.70. The quantitative estimate of drug-likeness (QED) is 0.462. The first-order valence-electron chi connectivity index (χ1n) is 10.4. The van der Waals surface area contributed by atoms with Crippen molar-refractivity contribution in [3.63, 3.8) is 0 Å². The van der Waals surface area contributed by atoms with Gasteiger partial charge in [-0.15, -0.1) is 0 Å². The summed E-state index contributed by atoms with van der Waals surface area (Å²) in [6.45, 7) is 7.01. The number of carbonyl (C=O) groups excluding carboxylic acids is 3. The molecule has 0 saturated heterocycles. The van der Waals surface area contributed by atoms with E-state index in [1.165, 1.54) is 34.6 Å². The number of hydrogen-bond acceptors (Lipinski definition) is 8. The van der Waals surface area contributed by atoms with Crippen LogP contribution >= 0.6 is 0 Å². The van der Waals surface area contributed by atoms with E-state index in [0.29, 0.717) is 18.8 Å².